The molecule has 154 valence electrons. The van der Waals surface area contributed by atoms with Gasteiger partial charge in [0.25, 0.3) is 0 Å². The molecule has 0 aliphatic heterocycles. The minimum absolute atomic E-state index is 0. The number of hydrogen-bond acceptors (Lipinski definition) is 3. The minimum Gasteiger partial charge on any atom is -0.344 e. The average Bonchev–Trinajstić information content (AvgIpc) is 2.41. The molecule has 0 aliphatic rings. The summed E-state index contributed by atoms with van der Waals surface area (Å²) < 4.78 is 146. The van der Waals surface area contributed by atoms with E-state index in [0.29, 0.717) is 12.8 Å². The third-order valence-corrected chi connectivity index (χ3v) is 4.11. The molecule has 0 saturated carbocycles. The summed E-state index contributed by atoms with van der Waals surface area (Å²) in [6, 6.07) is 0. The molecule has 4 N–H and O–H groups in total. The van der Waals surface area contributed by atoms with Crippen LogP contribution in [0.5, 0.6) is 0 Å². The van der Waals surface area contributed by atoms with Crippen molar-refractivity contribution in [1.82, 2.24) is 6.15 Å². The van der Waals surface area contributed by atoms with Gasteiger partial charge < -0.3 is 6.15 Å². The van der Waals surface area contributed by atoms with Crippen LogP contribution in [0.25, 0.3) is 0 Å². The van der Waals surface area contributed by atoms with E-state index in [2.05, 4.69) is 0 Å². The molecule has 0 aromatic carbocycles. The SMILES string of the molecule is CCCCCCC(F)C(F)(F)C(F)(F)C(F)(F)C(F)(F)S(=O)(=O)O.N. The largest absolute Gasteiger partial charge is 0.438 e. The lowest BCUT2D eigenvalue weighted by molar-refractivity contribution is -0.359. The summed E-state index contributed by atoms with van der Waals surface area (Å²) in [5, 5.41) is -6.95. The van der Waals surface area contributed by atoms with E-state index in [4.69, 9.17) is 4.55 Å². The molecule has 1 unspecified atom stereocenters. The first-order valence-electron chi connectivity index (χ1n) is 6.60. The number of halogens is 9. The molecule has 0 aliphatic carbocycles. The number of hydrogen-bond donors (Lipinski definition) is 2. The van der Waals surface area contributed by atoms with Crippen LogP contribution in [-0.2, 0) is 10.1 Å². The fourth-order valence-corrected chi connectivity index (χ4v) is 2.13. The fourth-order valence-electron chi connectivity index (χ4n) is 1.68. The fraction of sp³-hybridized carbons (Fsp3) is 1.00. The van der Waals surface area contributed by atoms with Gasteiger partial charge in [0.1, 0.15) is 0 Å². The van der Waals surface area contributed by atoms with Crippen molar-refractivity contribution in [2.75, 3.05) is 0 Å². The predicted molar refractivity (Wildman–Crippen MR) is 70.0 cm³/mol. The van der Waals surface area contributed by atoms with Crippen molar-refractivity contribution in [3.63, 3.8) is 0 Å². The molecule has 0 rings (SSSR count). The molecular formula is C11H18F9NO3S. The molecule has 1 atom stereocenters. The van der Waals surface area contributed by atoms with Crippen molar-refractivity contribution in [3.8, 4) is 0 Å². The van der Waals surface area contributed by atoms with Gasteiger partial charge in [-0.2, -0.15) is 43.5 Å². The minimum atomic E-state index is -7.26. The molecule has 0 saturated heterocycles. The number of alkyl halides is 9. The average molecular weight is 415 g/mol. The molecule has 25 heavy (non-hydrogen) atoms. The van der Waals surface area contributed by atoms with Gasteiger partial charge in [-0.05, 0) is 6.42 Å². The first-order valence-corrected chi connectivity index (χ1v) is 8.04. The lowest BCUT2D eigenvalue weighted by Crippen LogP contribution is -2.66. The summed E-state index contributed by atoms with van der Waals surface area (Å²) in [4.78, 5) is 0. The molecule has 0 aromatic heterocycles. The Morgan fingerprint density at radius 2 is 1.32 bits per heavy atom. The normalized spacial score (nSPS) is 15.6. The van der Waals surface area contributed by atoms with E-state index in [0.717, 1.165) is 0 Å². The van der Waals surface area contributed by atoms with Crippen LogP contribution < -0.4 is 6.15 Å². The quantitative estimate of drug-likeness (QED) is 0.303. The maximum atomic E-state index is 13.3. The van der Waals surface area contributed by atoms with Crippen LogP contribution in [0.15, 0.2) is 0 Å². The van der Waals surface area contributed by atoms with Crippen molar-refractivity contribution in [3.05, 3.63) is 0 Å². The monoisotopic (exact) mass is 415 g/mol. The summed E-state index contributed by atoms with van der Waals surface area (Å²) in [6.45, 7) is 1.67. The van der Waals surface area contributed by atoms with Crippen LogP contribution >= 0.6 is 0 Å². The summed E-state index contributed by atoms with van der Waals surface area (Å²) in [6.07, 6.45) is -4.58. The van der Waals surface area contributed by atoms with Crippen molar-refractivity contribution in [2.24, 2.45) is 0 Å². The number of unbranched alkanes of at least 4 members (excludes halogenated alkanes) is 3. The highest BCUT2D eigenvalue weighted by Crippen LogP contribution is 2.55. The summed E-state index contributed by atoms with van der Waals surface area (Å²) in [5.74, 6) is -20.6. The van der Waals surface area contributed by atoms with Crippen molar-refractivity contribution < 1.29 is 52.5 Å². The molecule has 0 aromatic rings. The Balaban J connectivity index is 0. The van der Waals surface area contributed by atoms with Gasteiger partial charge in [-0.3, -0.25) is 4.55 Å². The van der Waals surface area contributed by atoms with Crippen LogP contribution in [0.4, 0.5) is 39.5 Å². The van der Waals surface area contributed by atoms with E-state index < -0.39 is 52.2 Å². The highest BCUT2D eigenvalue weighted by atomic mass is 32.2. The molecule has 0 radical (unpaired) electrons. The Labute approximate surface area is 138 Å². The molecule has 0 amide bonds. The van der Waals surface area contributed by atoms with Crippen LogP contribution in [0.3, 0.4) is 0 Å². The molecular weight excluding hydrogens is 397 g/mol. The molecule has 0 bridgehead atoms. The van der Waals surface area contributed by atoms with E-state index in [1.807, 2.05) is 0 Å². The maximum Gasteiger partial charge on any atom is 0.438 e. The van der Waals surface area contributed by atoms with Gasteiger partial charge in [-0.1, -0.05) is 32.6 Å². The van der Waals surface area contributed by atoms with Gasteiger partial charge in [-0.25, -0.2) is 4.39 Å². The number of rotatable bonds is 10. The van der Waals surface area contributed by atoms with E-state index in [-0.39, 0.29) is 12.6 Å². The summed E-state index contributed by atoms with van der Waals surface area (Å²) in [7, 11) is -7.17. The van der Waals surface area contributed by atoms with Crippen LogP contribution in [0.2, 0.25) is 0 Å². The second-order valence-electron chi connectivity index (χ2n) is 5.08. The molecule has 0 heterocycles. The lowest BCUT2D eigenvalue weighted by atomic mass is 9.96. The zero-order valence-electron chi connectivity index (χ0n) is 12.9. The Hall–Kier alpha value is -0.760. The Kier molecular flexibility index (Phi) is 8.78. The summed E-state index contributed by atoms with van der Waals surface area (Å²) >= 11 is 0. The van der Waals surface area contributed by atoms with Gasteiger partial charge in [-0.15, -0.1) is 0 Å². The Morgan fingerprint density at radius 3 is 1.68 bits per heavy atom. The van der Waals surface area contributed by atoms with Gasteiger partial charge in [0.15, 0.2) is 6.17 Å². The smallest absolute Gasteiger partial charge is 0.344 e. The molecule has 0 spiro atoms. The maximum absolute atomic E-state index is 13.3. The van der Waals surface area contributed by atoms with Gasteiger partial charge in [0, 0.05) is 0 Å². The first kappa shape index (κ1) is 26.5. The van der Waals surface area contributed by atoms with Crippen molar-refractivity contribution in [1.29, 1.82) is 0 Å². The van der Waals surface area contributed by atoms with Crippen molar-refractivity contribution in [2.45, 2.75) is 68.2 Å². The molecule has 14 heteroatoms. The highest BCUT2D eigenvalue weighted by molar-refractivity contribution is 7.87. The topological polar surface area (TPSA) is 89.4 Å². The third kappa shape index (κ3) is 4.70. The van der Waals surface area contributed by atoms with Gasteiger partial charge >= 0.3 is 33.1 Å². The lowest BCUT2D eigenvalue weighted by Gasteiger charge is -2.36. The zero-order valence-corrected chi connectivity index (χ0v) is 13.7. The van der Waals surface area contributed by atoms with E-state index >= 15 is 0 Å². The first-order chi connectivity index (χ1) is 10.5. The Bertz CT molecular complexity index is 525. The van der Waals surface area contributed by atoms with Crippen LogP contribution in [0.1, 0.15) is 39.0 Å². The molecule has 4 nitrogen and oxygen atoms in total. The van der Waals surface area contributed by atoms with E-state index in [1.165, 1.54) is 0 Å². The highest BCUT2D eigenvalue weighted by Gasteiger charge is 2.85. The second-order valence-corrected chi connectivity index (χ2v) is 6.54. The van der Waals surface area contributed by atoms with E-state index in [1.54, 1.807) is 6.92 Å². The zero-order chi connectivity index (χ0) is 19.6. The van der Waals surface area contributed by atoms with Crippen molar-refractivity contribution >= 4 is 10.1 Å². The van der Waals surface area contributed by atoms with Gasteiger partial charge in [0.05, 0.1) is 0 Å². The predicted octanol–water partition coefficient (Wildman–Crippen LogP) is 4.84. The summed E-state index contributed by atoms with van der Waals surface area (Å²) in [5.41, 5.74) is 0. The second kappa shape index (κ2) is 8.29. The van der Waals surface area contributed by atoms with Gasteiger partial charge in [0.2, 0.25) is 0 Å². The molecule has 0 fully saturated rings. The standard InChI is InChI=1S/C11H15F9O3S.H3N/c1-2-3-4-5-6-7(12)8(13,14)9(15,16)10(17,18)11(19,20)24(21,22)23;/h7H,2-6H2,1H3,(H,21,22,23);1H3. The van der Waals surface area contributed by atoms with Crippen LogP contribution in [-0.4, -0.2) is 42.2 Å². The van der Waals surface area contributed by atoms with Crippen LogP contribution in [0, 0.1) is 0 Å². The third-order valence-electron chi connectivity index (χ3n) is 3.21. The Morgan fingerprint density at radius 1 is 0.880 bits per heavy atom. The van der Waals surface area contributed by atoms with E-state index in [9.17, 15) is 47.9 Å².